The summed E-state index contributed by atoms with van der Waals surface area (Å²) in [4.78, 5) is 24.3. The summed E-state index contributed by atoms with van der Waals surface area (Å²) >= 11 is 0. The molecule has 0 aliphatic rings. The lowest BCUT2D eigenvalue weighted by molar-refractivity contribution is -0.384. The average Bonchev–Trinajstić information content (AvgIpc) is 2.70. The molecule has 2 aromatic rings. The number of H-pyrrole nitrogens is 1. The molecule has 0 aliphatic carbocycles. The van der Waals surface area contributed by atoms with Gasteiger partial charge in [0.25, 0.3) is 5.69 Å². The Morgan fingerprint density at radius 3 is 2.37 bits per heavy atom. The third-order valence-electron chi connectivity index (χ3n) is 2.95. The van der Waals surface area contributed by atoms with Gasteiger partial charge in [0.15, 0.2) is 0 Å². The zero-order chi connectivity index (χ0) is 14.4. The van der Waals surface area contributed by atoms with Crippen LogP contribution in [0.3, 0.4) is 0 Å². The minimum absolute atomic E-state index is 0.195. The van der Waals surface area contributed by atoms with Gasteiger partial charge in [-0.1, -0.05) is 20.8 Å². The number of nitrogens with one attached hydrogen (secondary N) is 1. The molecule has 0 atom stereocenters. The topological polar surface area (TPSA) is 99.1 Å². The normalized spacial score (nSPS) is 11.7. The number of hydrogen-bond acceptors (Lipinski definition) is 4. The van der Waals surface area contributed by atoms with E-state index in [2.05, 4.69) is 4.98 Å². The van der Waals surface area contributed by atoms with E-state index in [-0.39, 0.29) is 16.7 Å². The van der Waals surface area contributed by atoms with E-state index in [4.69, 9.17) is 0 Å². The first-order valence-electron chi connectivity index (χ1n) is 5.73. The molecule has 0 radical (unpaired) electrons. The second kappa shape index (κ2) is 4.08. The molecule has 6 nitrogen and oxygen atoms in total. The number of nitro benzene ring substituents is 1. The van der Waals surface area contributed by atoms with Crippen molar-refractivity contribution < 1.29 is 14.8 Å². The number of hydrogen-bond donors (Lipinski definition) is 1. The van der Waals surface area contributed by atoms with E-state index in [1.807, 2.05) is 20.8 Å². The monoisotopic (exact) mass is 261 g/mol. The molecule has 6 heteroatoms. The van der Waals surface area contributed by atoms with Crippen molar-refractivity contribution in [2.75, 3.05) is 0 Å². The lowest BCUT2D eigenvalue weighted by atomic mass is 9.92. The fourth-order valence-electron chi connectivity index (χ4n) is 1.90. The predicted molar refractivity (Wildman–Crippen MR) is 68.0 cm³/mol. The van der Waals surface area contributed by atoms with Gasteiger partial charge < -0.3 is 14.9 Å². The van der Waals surface area contributed by atoms with Crippen LogP contribution in [0.5, 0.6) is 0 Å². The van der Waals surface area contributed by atoms with E-state index in [0.29, 0.717) is 10.9 Å². The van der Waals surface area contributed by atoms with Gasteiger partial charge in [-0.25, -0.2) is 0 Å². The van der Waals surface area contributed by atoms with Crippen LogP contribution in [0.1, 0.15) is 36.8 Å². The van der Waals surface area contributed by atoms with Gasteiger partial charge in [0.05, 0.1) is 16.4 Å². The van der Waals surface area contributed by atoms with Crippen molar-refractivity contribution in [2.24, 2.45) is 0 Å². The number of carboxylic acids is 1. The minimum atomic E-state index is -1.43. The first-order chi connectivity index (χ1) is 8.70. The molecule has 0 saturated heterocycles. The number of nitrogens with zero attached hydrogens (tertiary/aromatic N) is 1. The predicted octanol–water partition coefficient (Wildman–Crippen LogP) is 1.74. The number of carboxylic acid groups (broad SMARTS) is 1. The number of fused-ring (bicyclic) bond motifs is 1. The molecule has 0 unspecified atom stereocenters. The molecule has 0 bridgehead atoms. The largest absolute Gasteiger partial charge is 0.545 e. The maximum atomic E-state index is 11.1. The molecule has 1 heterocycles. The van der Waals surface area contributed by atoms with Crippen molar-refractivity contribution in [1.82, 2.24) is 4.98 Å². The third-order valence-corrected chi connectivity index (χ3v) is 2.95. The molecule has 1 aromatic heterocycles. The molecule has 1 N–H and O–H groups in total. The van der Waals surface area contributed by atoms with Gasteiger partial charge in [0.1, 0.15) is 0 Å². The number of carbonyl (C=O) groups excluding carboxylic acids is 1. The van der Waals surface area contributed by atoms with Crippen LogP contribution < -0.4 is 5.11 Å². The number of nitro groups is 1. The summed E-state index contributed by atoms with van der Waals surface area (Å²) < 4.78 is 0. The molecule has 19 heavy (non-hydrogen) atoms. The highest BCUT2D eigenvalue weighted by Gasteiger charge is 2.20. The molecule has 0 saturated carbocycles. The van der Waals surface area contributed by atoms with Gasteiger partial charge in [0.2, 0.25) is 0 Å². The van der Waals surface area contributed by atoms with Gasteiger partial charge >= 0.3 is 0 Å². The molecule has 2 rings (SSSR count). The maximum absolute atomic E-state index is 11.1. The molecule has 0 amide bonds. The Labute approximate surface area is 109 Å². The Kier molecular flexibility index (Phi) is 2.81. The minimum Gasteiger partial charge on any atom is -0.545 e. The number of benzene rings is 1. The van der Waals surface area contributed by atoms with Crippen LogP contribution >= 0.6 is 0 Å². The van der Waals surface area contributed by atoms with E-state index in [1.54, 1.807) is 6.07 Å². The first kappa shape index (κ1) is 13.1. The zero-order valence-electron chi connectivity index (χ0n) is 10.8. The summed E-state index contributed by atoms with van der Waals surface area (Å²) in [5.74, 6) is -1.43. The van der Waals surface area contributed by atoms with E-state index in [9.17, 15) is 20.0 Å². The number of aromatic nitrogens is 1. The van der Waals surface area contributed by atoms with Crippen LogP contribution in [0.15, 0.2) is 18.2 Å². The molecule has 1 aromatic carbocycles. The summed E-state index contributed by atoms with van der Waals surface area (Å²) in [6.45, 7) is 5.89. The summed E-state index contributed by atoms with van der Waals surface area (Å²) in [5.41, 5.74) is 0.503. The van der Waals surface area contributed by atoms with Crippen LogP contribution in [0.4, 0.5) is 5.69 Å². The van der Waals surface area contributed by atoms with Crippen LogP contribution in [0.25, 0.3) is 10.9 Å². The van der Waals surface area contributed by atoms with Crippen molar-refractivity contribution in [3.8, 4) is 0 Å². The van der Waals surface area contributed by atoms with Gasteiger partial charge in [0, 0.05) is 34.2 Å². The molecule has 0 aliphatic heterocycles. The van der Waals surface area contributed by atoms with Crippen molar-refractivity contribution >= 4 is 22.6 Å². The molecular weight excluding hydrogens is 248 g/mol. The Morgan fingerprint density at radius 2 is 1.89 bits per heavy atom. The fraction of sp³-hybridized carbons (Fsp3) is 0.308. The van der Waals surface area contributed by atoms with E-state index in [1.165, 1.54) is 6.07 Å². The lowest BCUT2D eigenvalue weighted by Crippen LogP contribution is -2.22. The van der Waals surface area contributed by atoms with Gasteiger partial charge in [-0.3, -0.25) is 10.1 Å². The average molecular weight is 261 g/mol. The van der Waals surface area contributed by atoms with Crippen LogP contribution in [0.2, 0.25) is 0 Å². The van der Waals surface area contributed by atoms with Crippen LogP contribution in [0, 0.1) is 10.1 Å². The number of carbonyl (C=O) groups is 1. The first-order valence-corrected chi connectivity index (χ1v) is 5.73. The second-order valence-corrected chi connectivity index (χ2v) is 5.44. The molecule has 0 spiro atoms. The number of rotatable bonds is 2. The third kappa shape index (κ3) is 2.29. The quantitative estimate of drug-likeness (QED) is 0.657. The van der Waals surface area contributed by atoms with E-state index < -0.39 is 10.9 Å². The summed E-state index contributed by atoms with van der Waals surface area (Å²) in [7, 11) is 0. The standard InChI is InChI=1S/C13H14N2O4/c1-13(2,3)10-5-7-4-8(15(18)19)6-9(12(16)17)11(7)14-10/h4-6,14H,1-3H3,(H,16,17)/p-1. The Bertz CT molecular complexity index is 680. The van der Waals surface area contributed by atoms with Gasteiger partial charge in [-0.05, 0) is 6.07 Å². The SMILES string of the molecule is CC(C)(C)c1cc2cc([N+](=O)[O-])cc(C(=O)[O-])c2[nH]1. The summed E-state index contributed by atoms with van der Waals surface area (Å²) in [6, 6.07) is 4.10. The zero-order valence-corrected chi connectivity index (χ0v) is 10.8. The fourth-order valence-corrected chi connectivity index (χ4v) is 1.90. The van der Waals surface area contributed by atoms with E-state index >= 15 is 0 Å². The number of aromatic carboxylic acids is 1. The van der Waals surface area contributed by atoms with Crippen molar-refractivity contribution in [2.45, 2.75) is 26.2 Å². The summed E-state index contributed by atoms with van der Waals surface area (Å²) in [5, 5.41) is 22.4. The van der Waals surface area contributed by atoms with Crippen molar-refractivity contribution in [1.29, 1.82) is 0 Å². The molecule has 0 fully saturated rings. The van der Waals surface area contributed by atoms with Gasteiger partial charge in [-0.2, -0.15) is 0 Å². The van der Waals surface area contributed by atoms with Crippen molar-refractivity contribution in [3.63, 3.8) is 0 Å². The van der Waals surface area contributed by atoms with Crippen LogP contribution in [-0.2, 0) is 5.41 Å². The lowest BCUT2D eigenvalue weighted by Gasteiger charge is -2.15. The van der Waals surface area contributed by atoms with Gasteiger partial charge in [-0.15, -0.1) is 0 Å². The highest BCUT2D eigenvalue weighted by atomic mass is 16.6. The van der Waals surface area contributed by atoms with E-state index in [0.717, 1.165) is 11.8 Å². The second-order valence-electron chi connectivity index (χ2n) is 5.44. The maximum Gasteiger partial charge on any atom is 0.270 e. The van der Waals surface area contributed by atoms with Crippen molar-refractivity contribution in [3.05, 3.63) is 39.6 Å². The smallest absolute Gasteiger partial charge is 0.270 e. The Morgan fingerprint density at radius 1 is 1.26 bits per heavy atom. The highest BCUT2D eigenvalue weighted by Crippen LogP contribution is 2.30. The summed E-state index contributed by atoms with van der Waals surface area (Å²) in [6.07, 6.45) is 0. The Hall–Kier alpha value is -2.37. The van der Waals surface area contributed by atoms with Crippen LogP contribution in [-0.4, -0.2) is 15.9 Å². The number of aromatic amines is 1. The molecule has 100 valence electrons. The highest BCUT2D eigenvalue weighted by molar-refractivity contribution is 6.02. The Balaban J connectivity index is 2.79. The number of non-ortho nitro benzene ring substituents is 1. The molecular formula is C13H13N2O4-.